The predicted octanol–water partition coefficient (Wildman–Crippen LogP) is 0.297. The van der Waals surface area contributed by atoms with Gasteiger partial charge in [0.25, 0.3) is 5.91 Å². The van der Waals surface area contributed by atoms with Gasteiger partial charge in [-0.05, 0) is 31.8 Å². The first-order valence-electron chi connectivity index (χ1n) is 9.28. The van der Waals surface area contributed by atoms with Gasteiger partial charge in [0.2, 0.25) is 26.0 Å². The smallest absolute Gasteiger partial charge is 0.256 e. The van der Waals surface area contributed by atoms with Gasteiger partial charge in [-0.1, -0.05) is 17.7 Å². The van der Waals surface area contributed by atoms with Crippen LogP contribution in [-0.2, 0) is 29.6 Å². The molecule has 11 heteroatoms. The number of nitrogens with zero attached hydrogens (tertiary/aromatic N) is 1. The van der Waals surface area contributed by atoms with Gasteiger partial charge in [0.15, 0.2) is 0 Å². The third-order valence-electron chi connectivity index (χ3n) is 5.12. The highest BCUT2D eigenvalue weighted by Crippen LogP contribution is 2.34. The Kier molecular flexibility index (Phi) is 5.76. The van der Waals surface area contributed by atoms with Crippen LogP contribution in [0.2, 0.25) is 0 Å². The molecular weight excluding hydrogens is 418 g/mol. The molecular formula is C18H25N3O6S2. The van der Waals surface area contributed by atoms with Crippen LogP contribution in [0.3, 0.4) is 0 Å². The van der Waals surface area contributed by atoms with Gasteiger partial charge in [0.1, 0.15) is 0 Å². The minimum atomic E-state index is -3.73. The second kappa shape index (κ2) is 7.69. The molecule has 2 amide bonds. The van der Waals surface area contributed by atoms with Crippen LogP contribution in [0.25, 0.3) is 0 Å². The van der Waals surface area contributed by atoms with Gasteiger partial charge in [-0.15, -0.1) is 0 Å². The molecule has 3 rings (SSSR count). The molecule has 1 aliphatic heterocycles. The average Bonchev–Trinajstić information content (AvgIpc) is 2.56. The number of nitrogens with one attached hydrogen (secondary N) is 2. The van der Waals surface area contributed by atoms with E-state index >= 15 is 0 Å². The summed E-state index contributed by atoms with van der Waals surface area (Å²) in [5.41, 5.74) is 0.454. The Morgan fingerprint density at radius 3 is 2.41 bits per heavy atom. The highest BCUT2D eigenvalue weighted by molar-refractivity contribution is 7.89. The van der Waals surface area contributed by atoms with Crippen molar-refractivity contribution in [3.05, 3.63) is 35.1 Å². The maximum atomic E-state index is 13.0. The van der Waals surface area contributed by atoms with E-state index in [0.29, 0.717) is 12.0 Å². The van der Waals surface area contributed by atoms with Crippen LogP contribution < -0.4 is 9.44 Å². The largest absolute Gasteiger partial charge is 0.287 e. The Morgan fingerprint density at radius 1 is 1.07 bits per heavy atom. The van der Waals surface area contributed by atoms with Gasteiger partial charge < -0.3 is 0 Å². The monoisotopic (exact) mass is 443 g/mol. The molecule has 0 aromatic rings. The molecule has 1 heterocycles. The number of imide groups is 1. The molecule has 2 aliphatic carbocycles. The SMILES string of the molecule is CS(=O)(=O)NC1=CC=CC(CN2C(=O)CC3=C(CCCC3)C2=O)(NS(C)(=O)=O)C1. The van der Waals surface area contributed by atoms with E-state index in [1.165, 1.54) is 12.2 Å². The van der Waals surface area contributed by atoms with E-state index in [4.69, 9.17) is 0 Å². The predicted molar refractivity (Wildman–Crippen MR) is 107 cm³/mol. The summed E-state index contributed by atoms with van der Waals surface area (Å²) < 4.78 is 52.1. The Balaban J connectivity index is 1.92. The number of hydrogen-bond acceptors (Lipinski definition) is 6. The summed E-state index contributed by atoms with van der Waals surface area (Å²) in [6.45, 7) is -0.214. The molecule has 0 saturated carbocycles. The Hall–Kier alpha value is -1.98. The molecule has 0 spiro atoms. The lowest BCUT2D eigenvalue weighted by Gasteiger charge is -2.40. The van der Waals surface area contributed by atoms with Crippen LogP contribution in [0.5, 0.6) is 0 Å². The topological polar surface area (TPSA) is 130 Å². The number of allylic oxidation sites excluding steroid dienone is 2. The third-order valence-corrected chi connectivity index (χ3v) is 6.53. The summed E-state index contributed by atoms with van der Waals surface area (Å²) in [6, 6.07) is 0. The van der Waals surface area contributed by atoms with Crippen molar-refractivity contribution >= 4 is 31.9 Å². The fourth-order valence-corrected chi connectivity index (χ4v) is 5.67. The first kappa shape index (κ1) is 21.7. The van der Waals surface area contributed by atoms with Gasteiger partial charge in [0.05, 0.1) is 24.6 Å². The zero-order valence-corrected chi connectivity index (χ0v) is 18.0. The molecule has 3 aliphatic rings. The molecule has 160 valence electrons. The van der Waals surface area contributed by atoms with Gasteiger partial charge in [-0.3, -0.25) is 19.2 Å². The Bertz CT molecular complexity index is 1040. The van der Waals surface area contributed by atoms with E-state index in [9.17, 15) is 26.4 Å². The third kappa shape index (κ3) is 5.34. The highest BCUT2D eigenvalue weighted by atomic mass is 32.2. The summed E-state index contributed by atoms with van der Waals surface area (Å²) in [6.07, 6.45) is 9.84. The molecule has 1 atom stereocenters. The van der Waals surface area contributed by atoms with Crippen molar-refractivity contribution in [3.8, 4) is 0 Å². The fourth-order valence-electron chi connectivity index (χ4n) is 4.11. The van der Waals surface area contributed by atoms with Crippen molar-refractivity contribution in [2.45, 2.75) is 44.1 Å². The lowest BCUT2D eigenvalue weighted by molar-refractivity contribution is -0.144. The second-order valence-electron chi connectivity index (χ2n) is 7.88. The normalized spacial score (nSPS) is 25.7. The summed E-state index contributed by atoms with van der Waals surface area (Å²) in [5.74, 6) is -0.753. The average molecular weight is 444 g/mol. The van der Waals surface area contributed by atoms with Crippen LogP contribution in [0, 0.1) is 0 Å². The minimum absolute atomic E-state index is 0.0490. The van der Waals surface area contributed by atoms with Crippen LogP contribution in [-0.4, -0.2) is 58.1 Å². The first-order valence-corrected chi connectivity index (χ1v) is 13.1. The first-order chi connectivity index (χ1) is 13.4. The summed E-state index contributed by atoms with van der Waals surface area (Å²) >= 11 is 0. The van der Waals surface area contributed by atoms with E-state index in [-0.39, 0.29) is 36.9 Å². The maximum absolute atomic E-state index is 13.0. The molecule has 0 fully saturated rings. The van der Waals surface area contributed by atoms with Gasteiger partial charge >= 0.3 is 0 Å². The number of rotatable bonds is 6. The van der Waals surface area contributed by atoms with Crippen molar-refractivity contribution < 1.29 is 26.4 Å². The summed E-state index contributed by atoms with van der Waals surface area (Å²) in [4.78, 5) is 26.8. The number of sulfonamides is 2. The van der Waals surface area contributed by atoms with Gasteiger partial charge in [-0.25, -0.2) is 21.6 Å². The van der Waals surface area contributed by atoms with Gasteiger partial charge in [0, 0.05) is 24.1 Å². The van der Waals surface area contributed by atoms with Crippen LogP contribution in [0.15, 0.2) is 35.1 Å². The second-order valence-corrected chi connectivity index (χ2v) is 11.4. The molecule has 0 aromatic carbocycles. The van der Waals surface area contributed by atoms with E-state index in [1.807, 2.05) is 0 Å². The lowest BCUT2D eigenvalue weighted by atomic mass is 9.84. The molecule has 0 aromatic heterocycles. The molecule has 1 unspecified atom stereocenters. The van der Waals surface area contributed by atoms with Gasteiger partial charge in [-0.2, -0.15) is 0 Å². The number of hydrogen-bond donors (Lipinski definition) is 2. The van der Waals surface area contributed by atoms with E-state index < -0.39 is 25.6 Å². The quantitative estimate of drug-likeness (QED) is 0.568. The molecule has 0 radical (unpaired) electrons. The van der Waals surface area contributed by atoms with Crippen molar-refractivity contribution in [1.29, 1.82) is 0 Å². The Morgan fingerprint density at radius 2 is 1.76 bits per heavy atom. The Labute approximate surface area is 171 Å². The standard InChI is InChI=1S/C18H25N3O6S2/c1-28(24,25)19-14-7-5-9-18(11-14,20-29(2,26)27)12-21-16(22)10-13-6-3-4-8-15(13)17(21)23/h5,7,9,19-20H,3-4,6,8,10-12H2,1-2H3. The highest BCUT2D eigenvalue weighted by Gasteiger charge is 2.42. The van der Waals surface area contributed by atoms with Crippen molar-refractivity contribution in [1.82, 2.24) is 14.3 Å². The summed E-state index contributed by atoms with van der Waals surface area (Å²) in [7, 11) is -7.30. The fraction of sp³-hybridized carbons (Fsp3) is 0.556. The van der Waals surface area contributed by atoms with E-state index in [1.54, 1.807) is 6.08 Å². The maximum Gasteiger partial charge on any atom is 0.256 e. The van der Waals surface area contributed by atoms with E-state index in [0.717, 1.165) is 42.2 Å². The zero-order valence-electron chi connectivity index (χ0n) is 16.4. The molecule has 0 saturated heterocycles. The summed E-state index contributed by atoms with van der Waals surface area (Å²) in [5, 5.41) is 0. The van der Waals surface area contributed by atoms with E-state index in [2.05, 4.69) is 9.44 Å². The molecule has 0 bridgehead atoms. The molecule has 9 nitrogen and oxygen atoms in total. The van der Waals surface area contributed by atoms with Crippen LogP contribution in [0.4, 0.5) is 0 Å². The number of amides is 2. The molecule has 29 heavy (non-hydrogen) atoms. The minimum Gasteiger partial charge on any atom is -0.287 e. The number of carbonyl (C=O) groups is 2. The van der Waals surface area contributed by atoms with Crippen LogP contribution in [0.1, 0.15) is 38.5 Å². The number of carbonyl (C=O) groups excluding carboxylic acids is 2. The van der Waals surface area contributed by atoms with Crippen molar-refractivity contribution in [2.24, 2.45) is 0 Å². The van der Waals surface area contributed by atoms with Crippen molar-refractivity contribution in [3.63, 3.8) is 0 Å². The zero-order chi connectivity index (χ0) is 21.4. The lowest BCUT2D eigenvalue weighted by Crippen LogP contribution is -2.58. The van der Waals surface area contributed by atoms with Crippen LogP contribution >= 0.6 is 0 Å². The molecule has 2 N–H and O–H groups in total. The van der Waals surface area contributed by atoms with Crippen molar-refractivity contribution in [2.75, 3.05) is 19.1 Å².